The molecule has 0 N–H and O–H groups in total. The third-order valence-electron chi connectivity index (χ3n) is 4.10. The number of hydrogen-bond acceptors (Lipinski definition) is 7. The molecule has 0 saturated carbocycles. The number of benzene rings is 2. The monoisotopic (exact) mass is 396 g/mol. The van der Waals surface area contributed by atoms with Crippen LogP contribution in [0, 0.1) is 5.82 Å². The highest BCUT2D eigenvalue weighted by Crippen LogP contribution is 2.20. The minimum atomic E-state index is -0.549. The van der Waals surface area contributed by atoms with E-state index in [0.717, 1.165) is 28.8 Å². The summed E-state index contributed by atoms with van der Waals surface area (Å²) in [6.45, 7) is 0.451. The molecular weight excluding hydrogens is 375 g/mol. The first-order chi connectivity index (χ1) is 14.1. The van der Waals surface area contributed by atoms with Crippen LogP contribution in [0.1, 0.15) is 11.1 Å². The van der Waals surface area contributed by atoms with Gasteiger partial charge in [-0.15, -0.1) is 0 Å². The Balaban J connectivity index is 1.66. The zero-order valence-electron chi connectivity index (χ0n) is 16.4. The molecular formula is C21H21FN4O3. The van der Waals surface area contributed by atoms with Gasteiger partial charge in [-0.1, -0.05) is 17.3 Å². The second-order valence-electron chi connectivity index (χ2n) is 6.13. The predicted molar refractivity (Wildman–Crippen MR) is 108 cm³/mol. The molecule has 0 aliphatic carbocycles. The van der Waals surface area contributed by atoms with E-state index in [0.29, 0.717) is 6.54 Å². The topological polar surface area (TPSA) is 69.1 Å². The second kappa shape index (κ2) is 9.50. The van der Waals surface area contributed by atoms with Gasteiger partial charge in [-0.05, 0) is 47.5 Å². The summed E-state index contributed by atoms with van der Waals surface area (Å²) in [5, 5.41) is 3.85. The van der Waals surface area contributed by atoms with E-state index in [1.807, 2.05) is 48.5 Å². The van der Waals surface area contributed by atoms with Gasteiger partial charge in [0.2, 0.25) is 0 Å². The predicted octanol–water partition coefficient (Wildman–Crippen LogP) is 3.68. The molecule has 0 fully saturated rings. The molecule has 0 aliphatic rings. The average molecular weight is 396 g/mol. The lowest BCUT2D eigenvalue weighted by atomic mass is 10.2. The molecule has 0 bridgehead atoms. The summed E-state index contributed by atoms with van der Waals surface area (Å²) >= 11 is 0. The van der Waals surface area contributed by atoms with E-state index in [1.165, 1.54) is 6.21 Å². The maximum Gasteiger partial charge on any atom is 0.347 e. The fourth-order valence-corrected chi connectivity index (χ4v) is 2.56. The van der Waals surface area contributed by atoms with E-state index >= 15 is 0 Å². The van der Waals surface area contributed by atoms with Crippen LogP contribution in [0.2, 0.25) is 0 Å². The fourth-order valence-electron chi connectivity index (χ4n) is 2.56. The van der Waals surface area contributed by atoms with Crippen molar-refractivity contribution in [2.45, 2.75) is 6.54 Å². The van der Waals surface area contributed by atoms with Crippen molar-refractivity contribution in [2.24, 2.45) is 5.16 Å². The number of rotatable bonds is 8. The van der Waals surface area contributed by atoms with Crippen molar-refractivity contribution in [1.82, 2.24) is 9.97 Å². The van der Waals surface area contributed by atoms with E-state index in [9.17, 15) is 4.39 Å². The number of halogens is 1. The Bertz CT molecular complexity index is 963. The summed E-state index contributed by atoms with van der Waals surface area (Å²) in [5.74, 6) is 1.07. The van der Waals surface area contributed by atoms with Crippen LogP contribution in [0.4, 0.5) is 10.2 Å². The van der Waals surface area contributed by atoms with Gasteiger partial charge in [-0.2, -0.15) is 9.97 Å². The van der Waals surface area contributed by atoms with Crippen LogP contribution in [-0.2, 0) is 6.54 Å². The summed E-state index contributed by atoms with van der Waals surface area (Å²) in [6.07, 6.45) is 2.57. The van der Waals surface area contributed by atoms with E-state index in [1.54, 1.807) is 26.2 Å². The van der Waals surface area contributed by atoms with Crippen LogP contribution >= 0.6 is 0 Å². The maximum atomic E-state index is 14.2. The number of hydrogen-bond donors (Lipinski definition) is 0. The molecule has 0 saturated heterocycles. The highest BCUT2D eigenvalue weighted by molar-refractivity contribution is 5.79. The van der Waals surface area contributed by atoms with Crippen LogP contribution in [0.5, 0.6) is 17.5 Å². The van der Waals surface area contributed by atoms with E-state index in [2.05, 4.69) is 15.1 Å². The Morgan fingerprint density at radius 1 is 1.00 bits per heavy atom. The smallest absolute Gasteiger partial charge is 0.347 e. The highest BCUT2D eigenvalue weighted by Gasteiger charge is 2.13. The lowest BCUT2D eigenvalue weighted by molar-refractivity contribution is 0.313. The van der Waals surface area contributed by atoms with E-state index < -0.39 is 5.82 Å². The first kappa shape index (κ1) is 20.1. The van der Waals surface area contributed by atoms with Crippen LogP contribution in [-0.4, -0.2) is 37.4 Å². The lowest BCUT2D eigenvalue weighted by Crippen LogP contribution is -2.19. The van der Waals surface area contributed by atoms with Gasteiger partial charge in [-0.3, -0.25) is 0 Å². The molecule has 0 atom stereocenters. The van der Waals surface area contributed by atoms with Gasteiger partial charge >= 0.3 is 6.01 Å². The first-order valence-electron chi connectivity index (χ1n) is 8.80. The first-order valence-corrected chi connectivity index (χ1v) is 8.80. The zero-order valence-corrected chi connectivity index (χ0v) is 16.4. The standard InChI is InChI=1S/C21H21FN4O3/c1-26(14-16-6-10-18(28-3)11-7-16)20-19(22)13-23-21(25-20)29-24-12-15-4-8-17(27-2)9-5-15/h4-13H,14H2,1-3H3/b24-12+. The van der Waals surface area contributed by atoms with Crippen LogP contribution in [0.3, 0.4) is 0 Å². The van der Waals surface area contributed by atoms with Gasteiger partial charge in [0.15, 0.2) is 11.6 Å². The third-order valence-corrected chi connectivity index (χ3v) is 4.10. The third kappa shape index (κ3) is 5.41. The molecule has 3 aromatic rings. The normalized spacial score (nSPS) is 10.8. The Labute approximate surface area is 168 Å². The quantitative estimate of drug-likeness (QED) is 0.427. The number of ether oxygens (including phenoxy) is 2. The number of methoxy groups -OCH3 is 2. The number of nitrogens with zero attached hydrogens (tertiary/aromatic N) is 4. The molecule has 0 unspecified atom stereocenters. The molecule has 1 aromatic heterocycles. The minimum Gasteiger partial charge on any atom is -0.497 e. The van der Waals surface area contributed by atoms with Gasteiger partial charge in [0.05, 0.1) is 26.6 Å². The highest BCUT2D eigenvalue weighted by atomic mass is 19.1. The zero-order chi connectivity index (χ0) is 20.6. The molecule has 3 rings (SSSR count). The molecule has 8 heteroatoms. The van der Waals surface area contributed by atoms with Crippen molar-refractivity contribution in [3.05, 3.63) is 71.7 Å². The van der Waals surface area contributed by atoms with Gasteiger partial charge in [0.1, 0.15) is 11.5 Å². The van der Waals surface area contributed by atoms with Gasteiger partial charge < -0.3 is 19.2 Å². The Morgan fingerprint density at radius 3 is 2.24 bits per heavy atom. The minimum absolute atomic E-state index is 0.0484. The lowest BCUT2D eigenvalue weighted by Gasteiger charge is -2.18. The van der Waals surface area contributed by atoms with Crippen LogP contribution in [0.15, 0.2) is 59.9 Å². The van der Waals surface area contributed by atoms with Crippen molar-refractivity contribution in [2.75, 3.05) is 26.2 Å². The Morgan fingerprint density at radius 2 is 1.62 bits per heavy atom. The largest absolute Gasteiger partial charge is 0.497 e. The van der Waals surface area contributed by atoms with Crippen molar-refractivity contribution in [3.63, 3.8) is 0 Å². The van der Waals surface area contributed by atoms with Crippen molar-refractivity contribution < 1.29 is 18.7 Å². The Hall–Kier alpha value is -3.68. The summed E-state index contributed by atoms with van der Waals surface area (Å²) in [5.41, 5.74) is 1.79. The van der Waals surface area contributed by atoms with Crippen LogP contribution in [0.25, 0.3) is 0 Å². The Kier molecular flexibility index (Phi) is 6.57. The molecule has 2 aromatic carbocycles. The van der Waals surface area contributed by atoms with Crippen LogP contribution < -0.4 is 19.2 Å². The fraction of sp³-hybridized carbons (Fsp3) is 0.190. The summed E-state index contributed by atoms with van der Waals surface area (Å²) in [7, 11) is 4.94. The van der Waals surface area contributed by atoms with Gasteiger partial charge in [0, 0.05) is 13.6 Å². The molecule has 0 aliphatic heterocycles. The summed E-state index contributed by atoms with van der Waals surface area (Å²) in [6, 6.07) is 14.7. The molecule has 0 radical (unpaired) electrons. The maximum absolute atomic E-state index is 14.2. The molecule has 0 amide bonds. The number of anilines is 1. The van der Waals surface area contributed by atoms with E-state index in [4.69, 9.17) is 14.3 Å². The van der Waals surface area contributed by atoms with Gasteiger partial charge in [-0.25, -0.2) is 4.39 Å². The van der Waals surface area contributed by atoms with Gasteiger partial charge in [0.25, 0.3) is 0 Å². The summed E-state index contributed by atoms with van der Waals surface area (Å²) in [4.78, 5) is 14.8. The van der Waals surface area contributed by atoms with E-state index in [-0.39, 0.29) is 11.8 Å². The molecule has 150 valence electrons. The molecule has 29 heavy (non-hydrogen) atoms. The average Bonchev–Trinajstić information content (AvgIpc) is 2.76. The van der Waals surface area contributed by atoms with Crippen molar-refractivity contribution >= 4 is 12.0 Å². The number of aromatic nitrogens is 2. The molecule has 7 nitrogen and oxygen atoms in total. The van der Waals surface area contributed by atoms with Crippen molar-refractivity contribution in [3.8, 4) is 17.5 Å². The molecule has 1 heterocycles. The summed E-state index contributed by atoms with van der Waals surface area (Å²) < 4.78 is 24.5. The number of oxime groups is 1. The van der Waals surface area contributed by atoms with Crippen molar-refractivity contribution in [1.29, 1.82) is 0 Å². The second-order valence-corrected chi connectivity index (χ2v) is 6.13. The SMILES string of the molecule is COc1ccc(/C=N/Oc2ncc(F)c(N(C)Cc3ccc(OC)cc3)n2)cc1. The molecule has 0 spiro atoms.